The van der Waals surface area contributed by atoms with Gasteiger partial charge in [0.25, 0.3) is 0 Å². The minimum absolute atomic E-state index is 0.144. The maximum atomic E-state index is 11.8. The van der Waals surface area contributed by atoms with Crippen molar-refractivity contribution in [3.05, 3.63) is 12.7 Å². The first kappa shape index (κ1) is 16.4. The van der Waals surface area contributed by atoms with Gasteiger partial charge < -0.3 is 10.1 Å². The molecule has 0 aromatic heterocycles. The average molecular weight is 253 g/mol. The molecule has 17 heavy (non-hydrogen) atoms. The van der Waals surface area contributed by atoms with Crippen LogP contribution in [0.1, 0.15) is 32.6 Å². The summed E-state index contributed by atoms with van der Waals surface area (Å²) >= 11 is 0. The number of halogens is 3. The zero-order valence-corrected chi connectivity index (χ0v) is 10.4. The number of hydrogen-bond acceptors (Lipinski definition) is 2. The van der Waals surface area contributed by atoms with Crippen LogP contribution in [-0.2, 0) is 4.74 Å². The summed E-state index contributed by atoms with van der Waals surface area (Å²) in [6.45, 7) is 5.43. The molecule has 0 aliphatic carbocycles. The molecule has 0 spiro atoms. The third-order valence-corrected chi connectivity index (χ3v) is 2.33. The number of nitrogens with one attached hydrogen (secondary N) is 1. The number of ether oxygens (including phenoxy) is 1. The molecule has 2 nitrogen and oxygen atoms in total. The summed E-state index contributed by atoms with van der Waals surface area (Å²) in [5, 5.41) is 3.24. The zero-order chi connectivity index (χ0) is 13.1. The van der Waals surface area contributed by atoms with E-state index in [0.717, 1.165) is 25.8 Å². The quantitative estimate of drug-likeness (QED) is 0.476. The van der Waals surface area contributed by atoms with E-state index in [4.69, 9.17) is 0 Å². The van der Waals surface area contributed by atoms with Crippen LogP contribution < -0.4 is 5.32 Å². The van der Waals surface area contributed by atoms with Gasteiger partial charge in [0, 0.05) is 12.6 Å². The van der Waals surface area contributed by atoms with Crippen LogP contribution in [0.25, 0.3) is 0 Å². The Morgan fingerprint density at radius 3 is 2.59 bits per heavy atom. The number of allylic oxidation sites excluding steroid dienone is 1. The Hall–Kier alpha value is -0.550. The highest BCUT2D eigenvalue weighted by Crippen LogP contribution is 2.15. The first-order chi connectivity index (χ1) is 7.99. The number of alkyl halides is 3. The molecule has 1 unspecified atom stereocenters. The Kier molecular flexibility index (Phi) is 9.17. The molecule has 0 radical (unpaired) electrons. The average Bonchev–Trinajstić information content (AvgIpc) is 2.23. The molecule has 1 N–H and O–H groups in total. The van der Waals surface area contributed by atoms with Crippen molar-refractivity contribution in [1.82, 2.24) is 5.32 Å². The Morgan fingerprint density at radius 2 is 2.06 bits per heavy atom. The molecule has 0 aliphatic rings. The zero-order valence-electron chi connectivity index (χ0n) is 10.4. The van der Waals surface area contributed by atoms with E-state index >= 15 is 0 Å². The molecule has 0 aliphatic heterocycles. The second kappa shape index (κ2) is 9.48. The van der Waals surface area contributed by atoms with E-state index in [9.17, 15) is 13.2 Å². The molecule has 0 heterocycles. The topological polar surface area (TPSA) is 21.3 Å². The first-order valence-corrected chi connectivity index (χ1v) is 5.98. The second-order valence-corrected chi connectivity index (χ2v) is 3.93. The Morgan fingerprint density at radius 1 is 1.35 bits per heavy atom. The predicted molar refractivity (Wildman–Crippen MR) is 63.0 cm³/mol. The number of unbranched alkanes of at least 4 members (excludes halogenated alkanes) is 1. The van der Waals surface area contributed by atoms with Crippen molar-refractivity contribution in [3.8, 4) is 0 Å². The van der Waals surface area contributed by atoms with E-state index < -0.39 is 12.8 Å². The van der Waals surface area contributed by atoms with Crippen LogP contribution in [0.15, 0.2) is 12.7 Å². The summed E-state index contributed by atoms with van der Waals surface area (Å²) in [5.41, 5.74) is 0. The van der Waals surface area contributed by atoms with E-state index in [2.05, 4.69) is 16.6 Å². The summed E-state index contributed by atoms with van der Waals surface area (Å²) in [4.78, 5) is 0. The van der Waals surface area contributed by atoms with Crippen LogP contribution in [0.2, 0.25) is 0 Å². The molecule has 0 aromatic rings. The molecular weight excluding hydrogens is 231 g/mol. The third kappa shape index (κ3) is 11.7. The van der Waals surface area contributed by atoms with Gasteiger partial charge in [0.1, 0.15) is 6.61 Å². The van der Waals surface area contributed by atoms with Gasteiger partial charge >= 0.3 is 6.18 Å². The molecule has 0 bridgehead atoms. The predicted octanol–water partition coefficient (Wildman–Crippen LogP) is 3.29. The molecule has 0 saturated carbocycles. The molecule has 0 aromatic carbocycles. The van der Waals surface area contributed by atoms with Crippen LogP contribution >= 0.6 is 0 Å². The van der Waals surface area contributed by atoms with Crippen molar-refractivity contribution in [2.75, 3.05) is 19.8 Å². The monoisotopic (exact) mass is 253 g/mol. The van der Waals surface area contributed by atoms with Crippen LogP contribution in [0.4, 0.5) is 13.2 Å². The van der Waals surface area contributed by atoms with Crippen LogP contribution in [0.5, 0.6) is 0 Å². The van der Waals surface area contributed by atoms with Gasteiger partial charge in [-0.1, -0.05) is 13.0 Å². The Bertz CT molecular complexity index is 195. The van der Waals surface area contributed by atoms with Gasteiger partial charge in [0.15, 0.2) is 0 Å². The largest absolute Gasteiger partial charge is 0.411 e. The van der Waals surface area contributed by atoms with Crippen LogP contribution in [-0.4, -0.2) is 32.0 Å². The summed E-state index contributed by atoms with van der Waals surface area (Å²) in [6.07, 6.45) is 1.11. The van der Waals surface area contributed by atoms with Gasteiger partial charge in [-0.3, -0.25) is 0 Å². The van der Waals surface area contributed by atoms with Crippen molar-refractivity contribution >= 4 is 0 Å². The molecule has 0 rings (SSSR count). The van der Waals surface area contributed by atoms with Crippen LogP contribution in [0, 0.1) is 0 Å². The standard InChI is InChI=1S/C12H22F3NO/c1-3-5-6-7-11(16-4-2)8-9-17-10-12(13,14)15/h3,11,16H,1,4-10H2,2H3. The fraction of sp³-hybridized carbons (Fsp3) is 0.833. The van der Waals surface area contributed by atoms with Gasteiger partial charge in [-0.2, -0.15) is 13.2 Å². The van der Waals surface area contributed by atoms with Gasteiger partial charge in [-0.25, -0.2) is 0 Å². The van der Waals surface area contributed by atoms with Crippen LogP contribution in [0.3, 0.4) is 0 Å². The second-order valence-electron chi connectivity index (χ2n) is 3.93. The van der Waals surface area contributed by atoms with E-state index in [1.165, 1.54) is 0 Å². The van der Waals surface area contributed by atoms with E-state index in [1.54, 1.807) is 0 Å². The molecule has 0 saturated heterocycles. The maximum absolute atomic E-state index is 11.8. The lowest BCUT2D eigenvalue weighted by Crippen LogP contribution is -2.30. The Labute approximate surface area is 101 Å². The lowest BCUT2D eigenvalue weighted by molar-refractivity contribution is -0.174. The highest BCUT2D eigenvalue weighted by Gasteiger charge is 2.27. The van der Waals surface area contributed by atoms with Crippen molar-refractivity contribution in [1.29, 1.82) is 0 Å². The minimum Gasteiger partial charge on any atom is -0.372 e. The highest BCUT2D eigenvalue weighted by molar-refractivity contribution is 4.71. The SMILES string of the molecule is C=CCCCC(CCOCC(F)(F)F)NCC. The molecule has 0 amide bonds. The summed E-state index contributed by atoms with van der Waals surface area (Å²) in [6, 6.07) is 0.230. The van der Waals surface area contributed by atoms with E-state index in [1.807, 2.05) is 13.0 Å². The fourth-order valence-electron chi connectivity index (χ4n) is 1.56. The van der Waals surface area contributed by atoms with Gasteiger partial charge in [0.2, 0.25) is 0 Å². The van der Waals surface area contributed by atoms with Gasteiger partial charge in [-0.15, -0.1) is 6.58 Å². The molecule has 0 fully saturated rings. The van der Waals surface area contributed by atoms with Crippen molar-refractivity contribution in [2.24, 2.45) is 0 Å². The van der Waals surface area contributed by atoms with E-state index in [0.29, 0.717) is 6.42 Å². The third-order valence-electron chi connectivity index (χ3n) is 2.33. The molecule has 1 atom stereocenters. The van der Waals surface area contributed by atoms with Crippen molar-refractivity contribution in [3.63, 3.8) is 0 Å². The van der Waals surface area contributed by atoms with Crippen molar-refractivity contribution in [2.45, 2.75) is 44.8 Å². The lowest BCUT2D eigenvalue weighted by Gasteiger charge is -2.17. The number of rotatable bonds is 10. The lowest BCUT2D eigenvalue weighted by atomic mass is 10.1. The normalized spacial score (nSPS) is 13.6. The Balaban J connectivity index is 3.65. The van der Waals surface area contributed by atoms with E-state index in [-0.39, 0.29) is 12.6 Å². The maximum Gasteiger partial charge on any atom is 0.411 e. The molecular formula is C12H22F3NO. The molecule has 102 valence electrons. The summed E-state index contributed by atoms with van der Waals surface area (Å²) < 4.78 is 40.1. The highest BCUT2D eigenvalue weighted by atomic mass is 19.4. The summed E-state index contributed by atoms with van der Waals surface area (Å²) in [7, 11) is 0. The number of hydrogen-bond donors (Lipinski definition) is 1. The molecule has 5 heteroatoms. The smallest absolute Gasteiger partial charge is 0.372 e. The fourth-order valence-corrected chi connectivity index (χ4v) is 1.56. The summed E-state index contributed by atoms with van der Waals surface area (Å²) in [5.74, 6) is 0. The van der Waals surface area contributed by atoms with Crippen molar-refractivity contribution < 1.29 is 17.9 Å². The first-order valence-electron chi connectivity index (χ1n) is 5.98. The van der Waals surface area contributed by atoms with Gasteiger partial charge in [-0.05, 0) is 32.2 Å². The minimum atomic E-state index is -4.23. The van der Waals surface area contributed by atoms with Gasteiger partial charge in [0.05, 0.1) is 0 Å².